The number of halogens is 1. The van der Waals surface area contributed by atoms with Crippen LogP contribution in [-0.4, -0.2) is 38.4 Å². The first-order valence-electron chi connectivity index (χ1n) is 9.24. The highest BCUT2D eigenvalue weighted by Gasteiger charge is 2.46. The van der Waals surface area contributed by atoms with E-state index in [1.54, 1.807) is 39.9 Å². The summed E-state index contributed by atoms with van der Waals surface area (Å²) < 4.78 is 7.68. The van der Waals surface area contributed by atoms with Crippen molar-refractivity contribution >= 4 is 24.5 Å². The summed E-state index contributed by atoms with van der Waals surface area (Å²) in [6.07, 6.45) is 7.22. The van der Waals surface area contributed by atoms with Gasteiger partial charge < -0.3 is 19.4 Å². The number of imidazole rings is 1. The Kier molecular flexibility index (Phi) is 5.47. The van der Waals surface area contributed by atoms with E-state index in [0.29, 0.717) is 11.6 Å². The highest BCUT2D eigenvalue weighted by Crippen LogP contribution is 2.48. The zero-order valence-electron chi connectivity index (χ0n) is 16.3. The molecule has 0 aliphatic heterocycles. The van der Waals surface area contributed by atoms with Gasteiger partial charge in [-0.1, -0.05) is 29.2 Å². The second-order valence-corrected chi connectivity index (χ2v) is 8.89. The van der Waals surface area contributed by atoms with Crippen molar-refractivity contribution in [1.29, 1.82) is 0 Å². The fourth-order valence-electron chi connectivity index (χ4n) is 2.97. The molecule has 1 atom stereocenters. The molecule has 145 valence electrons. The molecule has 1 fully saturated rings. The van der Waals surface area contributed by atoms with Crippen LogP contribution < -0.4 is 5.46 Å². The summed E-state index contributed by atoms with van der Waals surface area (Å²) in [5.74, 6) is 0.192. The average molecular weight is 390 g/mol. The van der Waals surface area contributed by atoms with E-state index < -0.39 is 16.8 Å². The van der Waals surface area contributed by atoms with Gasteiger partial charge in [-0.2, -0.15) is 0 Å². The SMILES string of the molecule is CC(C)(O)C(C)(C)O[B]c1ccc(C(O)(Cn2ccnc2)C2CC2)c(Cl)c1. The molecule has 0 saturated heterocycles. The van der Waals surface area contributed by atoms with E-state index in [2.05, 4.69) is 4.98 Å². The molecule has 5 nitrogen and oxygen atoms in total. The fourth-order valence-corrected chi connectivity index (χ4v) is 3.32. The first kappa shape index (κ1) is 20.4. The van der Waals surface area contributed by atoms with Crippen molar-refractivity contribution in [1.82, 2.24) is 9.55 Å². The molecule has 27 heavy (non-hydrogen) atoms. The summed E-state index contributed by atoms with van der Waals surface area (Å²) in [6, 6.07) is 5.53. The topological polar surface area (TPSA) is 67.5 Å². The lowest BCUT2D eigenvalue weighted by Gasteiger charge is -2.37. The second kappa shape index (κ2) is 7.24. The lowest BCUT2D eigenvalue weighted by atomic mass is 9.80. The van der Waals surface area contributed by atoms with Crippen LogP contribution in [0.4, 0.5) is 0 Å². The molecule has 1 saturated carbocycles. The third-order valence-corrected chi connectivity index (χ3v) is 5.97. The highest BCUT2D eigenvalue weighted by atomic mass is 35.5. The van der Waals surface area contributed by atoms with Crippen LogP contribution in [0.25, 0.3) is 0 Å². The molecule has 0 amide bonds. The number of hydrogen-bond acceptors (Lipinski definition) is 4. The highest BCUT2D eigenvalue weighted by molar-refractivity contribution is 6.48. The molecule has 2 N–H and O–H groups in total. The average Bonchev–Trinajstić information content (AvgIpc) is 3.31. The van der Waals surface area contributed by atoms with Crippen LogP contribution in [0.5, 0.6) is 0 Å². The van der Waals surface area contributed by atoms with Crippen molar-refractivity contribution in [2.24, 2.45) is 5.92 Å². The van der Waals surface area contributed by atoms with Crippen LogP contribution in [-0.2, 0) is 16.8 Å². The molecule has 1 aromatic heterocycles. The van der Waals surface area contributed by atoms with Gasteiger partial charge in [0.15, 0.2) is 0 Å². The molecule has 7 heteroatoms. The summed E-state index contributed by atoms with van der Waals surface area (Å²) in [5.41, 5.74) is -1.27. The fraction of sp³-hybridized carbons (Fsp3) is 0.550. The number of hydrogen-bond donors (Lipinski definition) is 2. The molecular weight excluding hydrogens is 362 g/mol. The summed E-state index contributed by atoms with van der Waals surface area (Å²) in [7, 11) is 1.60. The van der Waals surface area contributed by atoms with E-state index >= 15 is 0 Å². The summed E-state index contributed by atoms with van der Waals surface area (Å²) in [5, 5.41) is 22.1. The minimum atomic E-state index is -1.02. The van der Waals surface area contributed by atoms with E-state index in [4.69, 9.17) is 16.3 Å². The third kappa shape index (κ3) is 4.40. The van der Waals surface area contributed by atoms with Gasteiger partial charge in [0.05, 0.1) is 24.1 Å². The Bertz CT molecular complexity index is 785. The van der Waals surface area contributed by atoms with E-state index in [0.717, 1.165) is 23.9 Å². The van der Waals surface area contributed by atoms with E-state index in [9.17, 15) is 10.2 Å². The van der Waals surface area contributed by atoms with Crippen LogP contribution in [0.2, 0.25) is 5.02 Å². The predicted octanol–water partition coefficient (Wildman–Crippen LogP) is 2.64. The lowest BCUT2D eigenvalue weighted by molar-refractivity contribution is -0.0893. The molecule has 2 aromatic rings. The zero-order valence-corrected chi connectivity index (χ0v) is 17.1. The molecule has 1 aliphatic rings. The Morgan fingerprint density at radius 2 is 1.96 bits per heavy atom. The summed E-state index contributed by atoms with van der Waals surface area (Å²) in [4.78, 5) is 4.06. The maximum absolute atomic E-state index is 11.4. The molecule has 1 radical (unpaired) electrons. The molecule has 3 rings (SSSR count). The standard InChI is InChI=1S/C20H27BClN2O3/c1-18(2,25)19(3,4)27-21-15-7-8-16(17(22)11-15)20(26,14-5-6-14)12-24-10-9-23-13-24/h7-11,13-14,25-26H,5-6,12H2,1-4H3. The number of rotatable bonds is 8. The van der Waals surface area contributed by atoms with E-state index in [-0.39, 0.29) is 5.92 Å². The number of benzene rings is 1. The first-order valence-corrected chi connectivity index (χ1v) is 9.62. The predicted molar refractivity (Wildman–Crippen MR) is 107 cm³/mol. The van der Waals surface area contributed by atoms with Gasteiger partial charge >= 0.3 is 7.48 Å². The maximum Gasteiger partial charge on any atom is 0.330 e. The van der Waals surface area contributed by atoms with E-state index in [1.807, 2.05) is 36.7 Å². The molecule has 1 aromatic carbocycles. The first-order chi connectivity index (χ1) is 12.5. The second-order valence-electron chi connectivity index (χ2n) is 8.48. The van der Waals surface area contributed by atoms with Crippen molar-refractivity contribution in [2.75, 3.05) is 0 Å². The van der Waals surface area contributed by atoms with E-state index in [1.165, 1.54) is 0 Å². The smallest absolute Gasteiger partial charge is 0.330 e. The summed E-state index contributed by atoms with van der Waals surface area (Å²) >= 11 is 6.56. The van der Waals surface area contributed by atoms with Gasteiger partial charge in [0, 0.05) is 23.0 Å². The van der Waals surface area contributed by atoms with Crippen LogP contribution in [0.1, 0.15) is 46.1 Å². The van der Waals surface area contributed by atoms with Crippen molar-refractivity contribution < 1.29 is 14.9 Å². The molecule has 1 unspecified atom stereocenters. The Hall–Kier alpha value is -1.34. The Morgan fingerprint density at radius 3 is 2.48 bits per heavy atom. The van der Waals surface area contributed by atoms with Gasteiger partial charge in [-0.25, -0.2) is 4.98 Å². The quantitative estimate of drug-likeness (QED) is 0.681. The maximum atomic E-state index is 11.4. The van der Waals surface area contributed by atoms with Crippen LogP contribution in [0, 0.1) is 5.92 Å². The van der Waals surface area contributed by atoms with Gasteiger partial charge in [-0.05, 0) is 52.5 Å². The minimum Gasteiger partial charge on any atom is -0.427 e. The monoisotopic (exact) mass is 389 g/mol. The Labute approximate surface area is 166 Å². The molecular formula is C20H27BClN2O3. The largest absolute Gasteiger partial charge is 0.427 e. The van der Waals surface area contributed by atoms with Crippen molar-refractivity contribution in [3.63, 3.8) is 0 Å². The van der Waals surface area contributed by atoms with Gasteiger partial charge in [0.2, 0.25) is 0 Å². The number of aromatic nitrogens is 2. The van der Waals surface area contributed by atoms with Crippen LogP contribution in [0.3, 0.4) is 0 Å². The van der Waals surface area contributed by atoms with Crippen LogP contribution in [0.15, 0.2) is 36.9 Å². The van der Waals surface area contributed by atoms with Crippen molar-refractivity contribution in [3.05, 3.63) is 47.5 Å². The van der Waals surface area contributed by atoms with Gasteiger partial charge in [0.1, 0.15) is 5.60 Å². The number of nitrogens with zero attached hydrogens (tertiary/aromatic N) is 2. The van der Waals surface area contributed by atoms with Crippen molar-refractivity contribution in [2.45, 2.75) is 63.9 Å². The number of aliphatic hydroxyl groups is 2. The van der Waals surface area contributed by atoms with Gasteiger partial charge in [-0.3, -0.25) is 0 Å². The molecule has 1 heterocycles. The minimum absolute atomic E-state index is 0.192. The van der Waals surface area contributed by atoms with Gasteiger partial charge in [0.25, 0.3) is 0 Å². The van der Waals surface area contributed by atoms with Crippen LogP contribution >= 0.6 is 11.6 Å². The molecule has 1 aliphatic carbocycles. The third-order valence-electron chi connectivity index (χ3n) is 5.66. The van der Waals surface area contributed by atoms with Gasteiger partial charge in [-0.15, -0.1) is 0 Å². The Morgan fingerprint density at radius 1 is 1.26 bits per heavy atom. The molecule has 0 bridgehead atoms. The van der Waals surface area contributed by atoms with Crippen molar-refractivity contribution in [3.8, 4) is 0 Å². The molecule has 0 spiro atoms. The summed E-state index contributed by atoms with van der Waals surface area (Å²) in [6.45, 7) is 7.50. The lowest BCUT2D eigenvalue weighted by Crippen LogP contribution is -2.49. The Balaban J connectivity index is 1.79. The normalized spacial score (nSPS) is 17.6. The zero-order chi connectivity index (χ0) is 19.9.